The van der Waals surface area contributed by atoms with Crippen LogP contribution in [0.1, 0.15) is 35.6 Å². The molecular weight excluding hydrogens is 507 g/mol. The molecule has 37 heavy (non-hydrogen) atoms. The topological polar surface area (TPSA) is 64.6 Å². The molecule has 3 aromatic carbocycles. The maximum atomic E-state index is 13.4. The summed E-state index contributed by atoms with van der Waals surface area (Å²) in [7, 11) is 0. The van der Waals surface area contributed by atoms with Crippen LogP contribution in [0, 0.1) is 0 Å². The number of halogens is 4. The zero-order chi connectivity index (χ0) is 26.8. The predicted molar refractivity (Wildman–Crippen MR) is 135 cm³/mol. The Bertz CT molecular complexity index is 1220. The van der Waals surface area contributed by atoms with Crippen LogP contribution in [0.3, 0.4) is 0 Å². The largest absolute Gasteiger partial charge is 0.466 e. The van der Waals surface area contributed by atoms with E-state index in [4.69, 9.17) is 21.1 Å². The van der Waals surface area contributed by atoms with Gasteiger partial charge in [-0.05, 0) is 59.0 Å². The summed E-state index contributed by atoms with van der Waals surface area (Å²) in [6.07, 6.45) is -4.47. The summed E-state index contributed by atoms with van der Waals surface area (Å²) >= 11 is 6.25. The van der Waals surface area contributed by atoms with Gasteiger partial charge in [0.1, 0.15) is 6.61 Å². The second kappa shape index (κ2) is 13.3. The number of hydrogen-bond acceptors (Lipinski definition) is 5. The number of esters is 2. The molecular formula is C28H27ClF3NO4. The lowest BCUT2D eigenvalue weighted by Gasteiger charge is -2.16. The molecule has 1 N–H and O–H groups in total. The zero-order valence-electron chi connectivity index (χ0n) is 20.2. The molecule has 0 fully saturated rings. The molecule has 0 radical (unpaired) electrons. The first-order chi connectivity index (χ1) is 17.7. The van der Waals surface area contributed by atoms with Gasteiger partial charge >= 0.3 is 18.1 Å². The van der Waals surface area contributed by atoms with Crippen LogP contribution in [0.5, 0.6) is 0 Å². The van der Waals surface area contributed by atoms with Gasteiger partial charge in [-0.2, -0.15) is 13.2 Å². The number of carbonyl (C=O) groups excluding carboxylic acids is 2. The Labute approximate surface area is 218 Å². The predicted octanol–water partition coefficient (Wildman–Crippen LogP) is 6.35. The summed E-state index contributed by atoms with van der Waals surface area (Å²) in [5.74, 6) is -0.844. The molecule has 196 valence electrons. The van der Waals surface area contributed by atoms with E-state index in [2.05, 4.69) is 5.32 Å². The molecule has 0 saturated heterocycles. The third-order valence-electron chi connectivity index (χ3n) is 5.42. The minimum Gasteiger partial charge on any atom is -0.466 e. The Kier molecular flexibility index (Phi) is 10.1. The Hall–Kier alpha value is -3.36. The lowest BCUT2D eigenvalue weighted by Crippen LogP contribution is -2.20. The molecule has 0 aliphatic heterocycles. The SMILES string of the molecule is CCOC(=O)Cc1cc(Cl)cc(-c2ccc(C(F)(F)F)cc2CNCCC(=O)OCc2ccccc2)c1. The first-order valence-electron chi connectivity index (χ1n) is 11.7. The molecule has 0 unspecified atom stereocenters. The molecule has 0 heterocycles. The van der Waals surface area contributed by atoms with Gasteiger partial charge in [-0.3, -0.25) is 9.59 Å². The summed E-state index contributed by atoms with van der Waals surface area (Å²) in [5, 5.41) is 3.37. The fraction of sp³-hybridized carbons (Fsp3) is 0.286. The Balaban J connectivity index is 1.72. The van der Waals surface area contributed by atoms with Crippen molar-refractivity contribution in [3.8, 4) is 11.1 Å². The van der Waals surface area contributed by atoms with Gasteiger partial charge in [0.05, 0.1) is 25.0 Å². The number of ether oxygens (including phenoxy) is 2. The normalized spacial score (nSPS) is 11.3. The van der Waals surface area contributed by atoms with E-state index in [9.17, 15) is 22.8 Å². The first kappa shape index (κ1) is 28.2. The molecule has 0 saturated carbocycles. The molecule has 0 aliphatic carbocycles. The molecule has 0 bridgehead atoms. The summed E-state index contributed by atoms with van der Waals surface area (Å²) in [4.78, 5) is 24.0. The van der Waals surface area contributed by atoms with Crippen molar-refractivity contribution in [1.29, 1.82) is 0 Å². The standard InChI is InChI=1S/C28H27ClF3NO4/c1-2-36-27(35)14-20-12-21(16-24(29)13-20)25-9-8-23(28(30,31)32)15-22(25)17-33-11-10-26(34)37-18-19-6-4-3-5-7-19/h3-9,12-13,15-16,33H,2,10-11,14,17-18H2,1H3. The monoisotopic (exact) mass is 533 g/mol. The smallest absolute Gasteiger partial charge is 0.416 e. The van der Waals surface area contributed by atoms with Crippen molar-refractivity contribution < 1.29 is 32.2 Å². The van der Waals surface area contributed by atoms with Crippen molar-refractivity contribution in [1.82, 2.24) is 5.32 Å². The van der Waals surface area contributed by atoms with Crippen molar-refractivity contribution in [2.24, 2.45) is 0 Å². The molecule has 0 amide bonds. The number of rotatable bonds is 11. The third kappa shape index (κ3) is 8.91. The molecule has 3 rings (SSSR count). The van der Waals surface area contributed by atoms with E-state index < -0.39 is 23.7 Å². The molecule has 9 heteroatoms. The highest BCUT2D eigenvalue weighted by Gasteiger charge is 2.31. The van der Waals surface area contributed by atoms with E-state index in [0.29, 0.717) is 27.3 Å². The van der Waals surface area contributed by atoms with Crippen molar-refractivity contribution in [3.05, 3.63) is 94.0 Å². The van der Waals surface area contributed by atoms with Crippen molar-refractivity contribution >= 4 is 23.5 Å². The molecule has 0 spiro atoms. The van der Waals surface area contributed by atoms with Crippen LogP contribution >= 0.6 is 11.6 Å². The Morgan fingerprint density at radius 1 is 0.919 bits per heavy atom. The average molecular weight is 534 g/mol. The van der Waals surface area contributed by atoms with Gasteiger partial charge in [0.25, 0.3) is 0 Å². The molecule has 0 atom stereocenters. The average Bonchev–Trinajstić information content (AvgIpc) is 2.85. The first-order valence-corrected chi connectivity index (χ1v) is 12.1. The van der Waals surface area contributed by atoms with Gasteiger partial charge < -0.3 is 14.8 Å². The van der Waals surface area contributed by atoms with Crippen LogP contribution in [0.2, 0.25) is 5.02 Å². The van der Waals surface area contributed by atoms with Gasteiger partial charge in [-0.25, -0.2) is 0 Å². The second-order valence-corrected chi connectivity index (χ2v) is 8.71. The minimum absolute atomic E-state index is 0.0132. The molecule has 3 aromatic rings. The molecule has 0 aliphatic rings. The fourth-order valence-electron chi connectivity index (χ4n) is 3.71. The lowest BCUT2D eigenvalue weighted by atomic mass is 9.95. The van der Waals surface area contributed by atoms with Gasteiger partial charge in [-0.15, -0.1) is 0 Å². The number of nitrogens with one attached hydrogen (secondary N) is 1. The number of hydrogen-bond donors (Lipinski definition) is 1. The van der Waals surface area contributed by atoms with Gasteiger partial charge in [0.15, 0.2) is 0 Å². The minimum atomic E-state index is -4.52. The van der Waals surface area contributed by atoms with E-state index in [-0.39, 0.29) is 39.1 Å². The lowest BCUT2D eigenvalue weighted by molar-refractivity contribution is -0.145. The van der Waals surface area contributed by atoms with Gasteiger partial charge in [0, 0.05) is 18.1 Å². The van der Waals surface area contributed by atoms with Gasteiger partial charge in [0.2, 0.25) is 0 Å². The second-order valence-electron chi connectivity index (χ2n) is 8.27. The molecule has 5 nitrogen and oxygen atoms in total. The summed E-state index contributed by atoms with van der Waals surface area (Å²) in [6.45, 7) is 2.38. The van der Waals surface area contributed by atoms with Crippen LogP contribution in [-0.2, 0) is 44.8 Å². The summed E-state index contributed by atoms with van der Waals surface area (Å²) in [6, 6.07) is 17.6. The highest BCUT2D eigenvalue weighted by atomic mass is 35.5. The van der Waals surface area contributed by atoms with Gasteiger partial charge in [-0.1, -0.05) is 54.1 Å². The highest BCUT2D eigenvalue weighted by molar-refractivity contribution is 6.31. The number of benzene rings is 3. The van der Waals surface area contributed by atoms with Crippen molar-refractivity contribution in [3.63, 3.8) is 0 Å². The quantitative estimate of drug-likeness (QED) is 0.230. The highest BCUT2D eigenvalue weighted by Crippen LogP contribution is 2.34. The van der Waals surface area contributed by atoms with Crippen LogP contribution in [0.25, 0.3) is 11.1 Å². The molecule has 0 aromatic heterocycles. The fourth-order valence-corrected chi connectivity index (χ4v) is 3.97. The summed E-state index contributed by atoms with van der Waals surface area (Å²) in [5.41, 5.74) is 2.13. The van der Waals surface area contributed by atoms with E-state index >= 15 is 0 Å². The van der Waals surface area contributed by atoms with E-state index in [1.54, 1.807) is 25.1 Å². The van der Waals surface area contributed by atoms with Crippen LogP contribution in [0.15, 0.2) is 66.7 Å². The zero-order valence-corrected chi connectivity index (χ0v) is 21.0. The summed E-state index contributed by atoms with van der Waals surface area (Å²) < 4.78 is 50.4. The van der Waals surface area contributed by atoms with E-state index in [1.807, 2.05) is 30.3 Å². The number of carbonyl (C=O) groups is 2. The van der Waals surface area contributed by atoms with Crippen LogP contribution in [0.4, 0.5) is 13.2 Å². The van der Waals surface area contributed by atoms with E-state index in [1.165, 1.54) is 6.07 Å². The number of alkyl halides is 3. The third-order valence-corrected chi connectivity index (χ3v) is 5.64. The van der Waals surface area contributed by atoms with Crippen LogP contribution < -0.4 is 5.32 Å². The maximum Gasteiger partial charge on any atom is 0.416 e. The Morgan fingerprint density at radius 2 is 1.68 bits per heavy atom. The van der Waals surface area contributed by atoms with Crippen LogP contribution in [-0.4, -0.2) is 25.1 Å². The van der Waals surface area contributed by atoms with Crippen molar-refractivity contribution in [2.75, 3.05) is 13.2 Å². The maximum absolute atomic E-state index is 13.4. The Morgan fingerprint density at radius 3 is 2.38 bits per heavy atom. The van der Waals surface area contributed by atoms with Crippen molar-refractivity contribution in [2.45, 2.75) is 39.1 Å². The van der Waals surface area contributed by atoms with E-state index in [0.717, 1.165) is 17.7 Å².